The fourth-order valence-electron chi connectivity index (χ4n) is 3.38. The number of benzene rings is 1. The summed E-state index contributed by atoms with van der Waals surface area (Å²) in [5.74, 6) is 0.518. The monoisotopic (exact) mass is 372 g/mol. The zero-order valence-electron chi connectivity index (χ0n) is 13.9. The topological polar surface area (TPSA) is 74.8 Å². The number of hydrogen-bond donors (Lipinski definition) is 0. The molecule has 0 aliphatic carbocycles. The highest BCUT2D eigenvalue weighted by atomic mass is 32.2. The third-order valence-corrected chi connectivity index (χ3v) is 8.48. The first kappa shape index (κ1) is 17.7. The number of anilines is 1. The van der Waals surface area contributed by atoms with Crippen LogP contribution in [0.5, 0.6) is 0 Å². The fraction of sp³-hybridized carbons (Fsp3) is 0.625. The molecule has 1 atom stereocenters. The number of rotatable bonds is 3. The summed E-state index contributed by atoms with van der Waals surface area (Å²) in [6.45, 7) is 3.61. The normalized spacial score (nSPS) is 25.5. The zero-order chi connectivity index (χ0) is 17.4. The standard InChI is InChI=1S/C16H24N2O4S2/c1-14-5-4-10-17(13-14)24(21,22)16-8-6-15(7-9-16)18-11-2-3-12-23(18,19)20/h6-9,14H,2-5,10-13H2,1H3. The Hall–Kier alpha value is -1.12. The molecule has 0 amide bonds. The summed E-state index contributed by atoms with van der Waals surface area (Å²) in [5, 5.41) is 0. The quantitative estimate of drug-likeness (QED) is 0.814. The number of nitrogens with zero attached hydrogens (tertiary/aromatic N) is 2. The van der Waals surface area contributed by atoms with Gasteiger partial charge in [-0.05, 0) is 55.9 Å². The Kier molecular flexibility index (Phi) is 4.90. The van der Waals surface area contributed by atoms with E-state index in [0.717, 1.165) is 19.3 Å². The average molecular weight is 373 g/mol. The second-order valence-corrected chi connectivity index (χ2v) is 10.7. The minimum absolute atomic E-state index is 0.152. The highest BCUT2D eigenvalue weighted by Gasteiger charge is 2.30. The molecular formula is C16H24N2O4S2. The van der Waals surface area contributed by atoms with Crippen molar-refractivity contribution >= 4 is 25.7 Å². The van der Waals surface area contributed by atoms with Crippen molar-refractivity contribution in [2.75, 3.05) is 29.7 Å². The molecule has 0 bridgehead atoms. The number of piperidine rings is 1. The van der Waals surface area contributed by atoms with Gasteiger partial charge in [-0.3, -0.25) is 4.31 Å². The van der Waals surface area contributed by atoms with E-state index in [9.17, 15) is 16.8 Å². The molecule has 6 nitrogen and oxygen atoms in total. The average Bonchev–Trinajstić information content (AvgIpc) is 2.54. The summed E-state index contributed by atoms with van der Waals surface area (Å²) in [6, 6.07) is 6.24. The van der Waals surface area contributed by atoms with Gasteiger partial charge in [0, 0.05) is 19.6 Å². The van der Waals surface area contributed by atoms with Crippen molar-refractivity contribution in [3.05, 3.63) is 24.3 Å². The predicted molar refractivity (Wildman–Crippen MR) is 94.0 cm³/mol. The van der Waals surface area contributed by atoms with Gasteiger partial charge in [0.05, 0.1) is 16.3 Å². The lowest BCUT2D eigenvalue weighted by Gasteiger charge is -2.30. The molecule has 8 heteroatoms. The largest absolute Gasteiger partial charge is 0.270 e. The Bertz CT molecular complexity index is 788. The minimum Gasteiger partial charge on any atom is -0.270 e. The van der Waals surface area contributed by atoms with E-state index >= 15 is 0 Å². The van der Waals surface area contributed by atoms with Crippen molar-refractivity contribution < 1.29 is 16.8 Å². The molecule has 0 spiro atoms. The van der Waals surface area contributed by atoms with Crippen molar-refractivity contribution in [2.45, 2.75) is 37.5 Å². The van der Waals surface area contributed by atoms with E-state index in [1.807, 2.05) is 0 Å². The van der Waals surface area contributed by atoms with Crippen LogP contribution in [0.2, 0.25) is 0 Å². The van der Waals surface area contributed by atoms with Crippen molar-refractivity contribution in [1.82, 2.24) is 4.31 Å². The molecule has 1 aromatic carbocycles. The van der Waals surface area contributed by atoms with Gasteiger partial charge in [-0.2, -0.15) is 4.31 Å². The Morgan fingerprint density at radius 1 is 1.04 bits per heavy atom. The first-order chi connectivity index (χ1) is 11.3. The highest BCUT2D eigenvalue weighted by molar-refractivity contribution is 7.92. The van der Waals surface area contributed by atoms with E-state index in [1.165, 1.54) is 20.7 Å². The summed E-state index contributed by atoms with van der Waals surface area (Å²) >= 11 is 0. The molecule has 0 aromatic heterocycles. The van der Waals surface area contributed by atoms with Crippen LogP contribution in [-0.4, -0.2) is 46.5 Å². The van der Waals surface area contributed by atoms with Gasteiger partial charge >= 0.3 is 0 Å². The summed E-state index contributed by atoms with van der Waals surface area (Å²) < 4.78 is 52.7. The van der Waals surface area contributed by atoms with Crippen LogP contribution in [0.25, 0.3) is 0 Å². The highest BCUT2D eigenvalue weighted by Crippen LogP contribution is 2.27. The maximum absolute atomic E-state index is 12.7. The Morgan fingerprint density at radius 3 is 2.38 bits per heavy atom. The molecule has 134 valence electrons. The van der Waals surface area contributed by atoms with E-state index in [1.54, 1.807) is 12.1 Å². The summed E-state index contributed by atoms with van der Waals surface area (Å²) in [4.78, 5) is 0.231. The predicted octanol–water partition coefficient (Wildman–Crippen LogP) is 2.04. The molecule has 2 fully saturated rings. The maximum Gasteiger partial charge on any atom is 0.243 e. The molecule has 1 aromatic rings. The lowest BCUT2D eigenvalue weighted by atomic mass is 10.0. The van der Waals surface area contributed by atoms with Crippen LogP contribution in [0.3, 0.4) is 0 Å². The molecule has 3 rings (SSSR count). The van der Waals surface area contributed by atoms with E-state index in [2.05, 4.69) is 6.92 Å². The molecule has 2 aliphatic rings. The maximum atomic E-state index is 12.7. The smallest absolute Gasteiger partial charge is 0.243 e. The van der Waals surface area contributed by atoms with E-state index in [4.69, 9.17) is 0 Å². The first-order valence-corrected chi connectivity index (χ1v) is 11.5. The number of sulfonamides is 2. The molecule has 0 N–H and O–H groups in total. The lowest BCUT2D eigenvalue weighted by molar-refractivity contribution is 0.281. The zero-order valence-corrected chi connectivity index (χ0v) is 15.5. The third kappa shape index (κ3) is 3.45. The summed E-state index contributed by atoms with van der Waals surface area (Å²) in [6.07, 6.45) is 3.44. The molecular weight excluding hydrogens is 348 g/mol. The number of hydrogen-bond acceptors (Lipinski definition) is 4. The van der Waals surface area contributed by atoms with Gasteiger partial charge in [0.15, 0.2) is 0 Å². The second-order valence-electron chi connectivity index (χ2n) is 6.70. The van der Waals surface area contributed by atoms with Crippen LogP contribution >= 0.6 is 0 Å². The van der Waals surface area contributed by atoms with E-state index < -0.39 is 20.0 Å². The van der Waals surface area contributed by atoms with Crippen LogP contribution < -0.4 is 4.31 Å². The van der Waals surface area contributed by atoms with Gasteiger partial charge in [-0.25, -0.2) is 16.8 Å². The van der Waals surface area contributed by atoms with Gasteiger partial charge in [0.1, 0.15) is 0 Å². The van der Waals surface area contributed by atoms with Gasteiger partial charge in [0.25, 0.3) is 0 Å². The van der Waals surface area contributed by atoms with E-state index in [-0.39, 0.29) is 10.6 Å². The molecule has 0 radical (unpaired) electrons. The van der Waals surface area contributed by atoms with Gasteiger partial charge in [-0.1, -0.05) is 6.92 Å². The molecule has 24 heavy (non-hydrogen) atoms. The van der Waals surface area contributed by atoms with Crippen LogP contribution in [0.1, 0.15) is 32.6 Å². The molecule has 2 saturated heterocycles. The molecule has 0 saturated carbocycles. The van der Waals surface area contributed by atoms with Crippen LogP contribution in [0.15, 0.2) is 29.2 Å². The summed E-state index contributed by atoms with van der Waals surface area (Å²) in [7, 11) is -6.79. The molecule has 1 unspecified atom stereocenters. The molecule has 2 heterocycles. The van der Waals surface area contributed by atoms with Gasteiger partial charge in [-0.15, -0.1) is 0 Å². The Balaban J connectivity index is 1.84. The summed E-state index contributed by atoms with van der Waals surface area (Å²) in [5.41, 5.74) is 0.542. The van der Waals surface area contributed by atoms with Crippen molar-refractivity contribution in [3.63, 3.8) is 0 Å². The van der Waals surface area contributed by atoms with Crippen molar-refractivity contribution in [2.24, 2.45) is 5.92 Å². The fourth-order valence-corrected chi connectivity index (χ4v) is 6.61. The van der Waals surface area contributed by atoms with Gasteiger partial charge < -0.3 is 0 Å². The van der Waals surface area contributed by atoms with Crippen molar-refractivity contribution in [3.8, 4) is 0 Å². The van der Waals surface area contributed by atoms with Crippen LogP contribution in [-0.2, 0) is 20.0 Å². The first-order valence-electron chi connectivity index (χ1n) is 8.41. The van der Waals surface area contributed by atoms with Crippen molar-refractivity contribution in [1.29, 1.82) is 0 Å². The van der Waals surface area contributed by atoms with Gasteiger partial charge in [0.2, 0.25) is 20.0 Å². The third-order valence-electron chi connectivity index (χ3n) is 4.73. The van der Waals surface area contributed by atoms with Crippen LogP contribution in [0.4, 0.5) is 5.69 Å². The minimum atomic E-state index is -3.51. The Morgan fingerprint density at radius 2 is 1.75 bits per heavy atom. The van der Waals surface area contributed by atoms with Crippen LogP contribution in [0, 0.1) is 5.92 Å². The SMILES string of the molecule is CC1CCCN(S(=O)(=O)c2ccc(N3CCCCS3(=O)=O)cc2)C1. The van der Waals surface area contributed by atoms with E-state index in [0.29, 0.717) is 37.7 Å². The lowest BCUT2D eigenvalue weighted by Crippen LogP contribution is -2.39. The Labute approximate surface area is 144 Å². The second kappa shape index (κ2) is 6.65. The molecule has 2 aliphatic heterocycles.